The fraction of sp³-hybridized carbons (Fsp3) is 0.0714. The zero-order chi connectivity index (χ0) is 13.0. The summed E-state index contributed by atoms with van der Waals surface area (Å²) in [6.45, 7) is 0.460. The second kappa shape index (κ2) is 5.80. The van der Waals surface area contributed by atoms with Crippen molar-refractivity contribution in [1.29, 1.82) is 0 Å². The molecule has 0 unspecified atom stereocenters. The molecule has 4 heteroatoms. The highest BCUT2D eigenvalue weighted by atomic mass is 79.9. The summed E-state index contributed by atoms with van der Waals surface area (Å²) < 4.78 is 6.18. The molecular weight excluding hydrogens is 294 g/mol. The van der Waals surface area contributed by atoms with Crippen LogP contribution < -0.4 is 10.5 Å². The maximum Gasteiger partial charge on any atom is 0.343 e. The van der Waals surface area contributed by atoms with E-state index in [9.17, 15) is 4.79 Å². The Bertz CT molecular complexity index is 535. The van der Waals surface area contributed by atoms with Gasteiger partial charge in [-0.15, -0.1) is 0 Å². The molecule has 0 bridgehead atoms. The molecule has 0 aliphatic carbocycles. The molecular formula is C14H12BrNO2. The molecule has 0 atom stereocenters. The number of hydrogen-bond acceptors (Lipinski definition) is 3. The Hall–Kier alpha value is -1.65. The molecule has 2 N–H and O–H groups in total. The normalized spacial score (nSPS) is 10.1. The van der Waals surface area contributed by atoms with Crippen LogP contribution >= 0.6 is 15.9 Å². The van der Waals surface area contributed by atoms with Crippen molar-refractivity contribution in [3.63, 3.8) is 0 Å². The van der Waals surface area contributed by atoms with Crippen LogP contribution in [0.3, 0.4) is 0 Å². The van der Waals surface area contributed by atoms with Crippen LogP contribution in [0.4, 0.5) is 0 Å². The van der Waals surface area contributed by atoms with E-state index in [1.807, 2.05) is 24.3 Å². The number of halogens is 1. The molecule has 0 radical (unpaired) electrons. The van der Waals surface area contributed by atoms with Gasteiger partial charge in [-0.3, -0.25) is 0 Å². The summed E-state index contributed by atoms with van der Waals surface area (Å²) in [5.74, 6) is 0.145. The quantitative estimate of drug-likeness (QED) is 0.700. The summed E-state index contributed by atoms with van der Waals surface area (Å²) in [6, 6.07) is 14.2. The first kappa shape index (κ1) is 12.8. The molecule has 0 amide bonds. The topological polar surface area (TPSA) is 52.3 Å². The monoisotopic (exact) mass is 305 g/mol. The molecule has 0 saturated heterocycles. The highest BCUT2D eigenvalue weighted by molar-refractivity contribution is 9.10. The van der Waals surface area contributed by atoms with E-state index in [0.717, 1.165) is 10.0 Å². The Labute approximate surface area is 114 Å². The molecule has 2 aromatic rings. The maximum absolute atomic E-state index is 11.8. The molecule has 0 fully saturated rings. The molecule has 0 aliphatic heterocycles. The van der Waals surface area contributed by atoms with E-state index in [1.165, 1.54) is 0 Å². The van der Waals surface area contributed by atoms with Gasteiger partial charge < -0.3 is 10.5 Å². The summed E-state index contributed by atoms with van der Waals surface area (Å²) in [6.07, 6.45) is 0. The molecule has 2 aromatic carbocycles. The van der Waals surface area contributed by atoms with Crippen molar-refractivity contribution < 1.29 is 9.53 Å². The average Bonchev–Trinajstić information content (AvgIpc) is 2.41. The summed E-state index contributed by atoms with van der Waals surface area (Å²) in [4.78, 5) is 11.8. The van der Waals surface area contributed by atoms with Gasteiger partial charge in [-0.1, -0.05) is 28.1 Å². The van der Waals surface area contributed by atoms with E-state index >= 15 is 0 Å². The van der Waals surface area contributed by atoms with Crippen molar-refractivity contribution in [3.8, 4) is 5.75 Å². The number of nitrogens with two attached hydrogens (primary N) is 1. The Balaban J connectivity index is 2.09. The van der Waals surface area contributed by atoms with Gasteiger partial charge in [0.25, 0.3) is 0 Å². The largest absolute Gasteiger partial charge is 0.423 e. The third-order valence-electron chi connectivity index (χ3n) is 2.45. The fourth-order valence-electron chi connectivity index (χ4n) is 1.45. The lowest BCUT2D eigenvalue weighted by Gasteiger charge is -2.05. The van der Waals surface area contributed by atoms with Gasteiger partial charge in [0.2, 0.25) is 0 Å². The molecule has 92 valence electrons. The van der Waals surface area contributed by atoms with Crippen molar-refractivity contribution in [2.75, 3.05) is 0 Å². The van der Waals surface area contributed by atoms with Crippen LogP contribution in [0, 0.1) is 0 Å². The maximum atomic E-state index is 11.8. The minimum Gasteiger partial charge on any atom is -0.423 e. The Morgan fingerprint density at radius 1 is 1.06 bits per heavy atom. The number of esters is 1. The predicted octanol–water partition coefficient (Wildman–Crippen LogP) is 3.13. The predicted molar refractivity (Wildman–Crippen MR) is 73.4 cm³/mol. The molecule has 3 nitrogen and oxygen atoms in total. The van der Waals surface area contributed by atoms with Crippen molar-refractivity contribution in [3.05, 3.63) is 64.1 Å². The minimum absolute atomic E-state index is 0.374. The number of ether oxygens (including phenoxy) is 1. The van der Waals surface area contributed by atoms with Gasteiger partial charge in [-0.05, 0) is 42.0 Å². The van der Waals surface area contributed by atoms with Gasteiger partial charge in [0.15, 0.2) is 0 Å². The second-order valence-corrected chi connectivity index (χ2v) is 4.66. The Morgan fingerprint density at radius 3 is 2.22 bits per heavy atom. The fourth-order valence-corrected chi connectivity index (χ4v) is 1.71. The van der Waals surface area contributed by atoms with Crippen LogP contribution in [0.2, 0.25) is 0 Å². The lowest BCUT2D eigenvalue weighted by molar-refractivity contribution is 0.0735. The number of hydrogen-bond donors (Lipinski definition) is 1. The van der Waals surface area contributed by atoms with Gasteiger partial charge in [0.1, 0.15) is 5.75 Å². The third kappa shape index (κ3) is 3.18. The molecule has 0 saturated carbocycles. The van der Waals surface area contributed by atoms with Crippen LogP contribution in [0.15, 0.2) is 53.0 Å². The zero-order valence-electron chi connectivity index (χ0n) is 9.60. The van der Waals surface area contributed by atoms with E-state index in [1.54, 1.807) is 24.3 Å². The lowest BCUT2D eigenvalue weighted by atomic mass is 10.1. The Kier molecular flexibility index (Phi) is 4.12. The number of benzene rings is 2. The number of carbonyl (C=O) groups excluding carboxylic acids is 1. The van der Waals surface area contributed by atoms with Gasteiger partial charge in [0, 0.05) is 11.0 Å². The van der Waals surface area contributed by atoms with E-state index in [0.29, 0.717) is 17.9 Å². The van der Waals surface area contributed by atoms with E-state index in [2.05, 4.69) is 15.9 Å². The molecule has 0 heterocycles. The lowest BCUT2D eigenvalue weighted by Crippen LogP contribution is -2.08. The average molecular weight is 306 g/mol. The van der Waals surface area contributed by atoms with Crippen LogP contribution in [0.1, 0.15) is 15.9 Å². The molecule has 0 spiro atoms. The minimum atomic E-state index is -0.374. The smallest absolute Gasteiger partial charge is 0.343 e. The second-order valence-electron chi connectivity index (χ2n) is 3.74. The van der Waals surface area contributed by atoms with Crippen molar-refractivity contribution in [2.45, 2.75) is 6.54 Å². The molecule has 0 aromatic heterocycles. The first-order valence-electron chi connectivity index (χ1n) is 5.46. The van der Waals surface area contributed by atoms with Crippen LogP contribution in [0.25, 0.3) is 0 Å². The molecule has 2 rings (SSSR count). The van der Waals surface area contributed by atoms with Gasteiger partial charge in [0.05, 0.1) is 5.56 Å². The van der Waals surface area contributed by atoms with Gasteiger partial charge >= 0.3 is 5.97 Å². The molecule has 18 heavy (non-hydrogen) atoms. The van der Waals surface area contributed by atoms with Crippen molar-refractivity contribution >= 4 is 21.9 Å². The van der Waals surface area contributed by atoms with E-state index in [-0.39, 0.29) is 5.97 Å². The highest BCUT2D eigenvalue weighted by Crippen LogP contribution is 2.17. The summed E-state index contributed by atoms with van der Waals surface area (Å²) in [5, 5.41) is 0. The first-order valence-corrected chi connectivity index (χ1v) is 6.25. The van der Waals surface area contributed by atoms with E-state index in [4.69, 9.17) is 10.5 Å². The van der Waals surface area contributed by atoms with Crippen LogP contribution in [0.5, 0.6) is 5.75 Å². The highest BCUT2D eigenvalue weighted by Gasteiger charge is 2.08. The standard InChI is InChI=1S/C14H12BrNO2/c15-12-5-7-13(8-6-12)18-14(17)11-3-1-10(9-16)2-4-11/h1-8H,9,16H2. The summed E-state index contributed by atoms with van der Waals surface area (Å²) in [5.41, 5.74) is 6.98. The zero-order valence-corrected chi connectivity index (χ0v) is 11.2. The van der Waals surface area contributed by atoms with Crippen molar-refractivity contribution in [2.24, 2.45) is 5.73 Å². The van der Waals surface area contributed by atoms with Crippen LogP contribution in [-0.2, 0) is 6.54 Å². The summed E-state index contributed by atoms with van der Waals surface area (Å²) in [7, 11) is 0. The SMILES string of the molecule is NCc1ccc(C(=O)Oc2ccc(Br)cc2)cc1. The van der Waals surface area contributed by atoms with Crippen LogP contribution in [-0.4, -0.2) is 5.97 Å². The van der Waals surface area contributed by atoms with Crippen molar-refractivity contribution in [1.82, 2.24) is 0 Å². The first-order chi connectivity index (χ1) is 8.69. The van der Waals surface area contributed by atoms with Gasteiger partial charge in [-0.2, -0.15) is 0 Å². The van der Waals surface area contributed by atoms with Gasteiger partial charge in [-0.25, -0.2) is 4.79 Å². The Morgan fingerprint density at radius 2 is 1.67 bits per heavy atom. The molecule has 0 aliphatic rings. The number of rotatable bonds is 3. The third-order valence-corrected chi connectivity index (χ3v) is 2.98. The summed E-state index contributed by atoms with van der Waals surface area (Å²) >= 11 is 3.32. The van der Waals surface area contributed by atoms with E-state index < -0.39 is 0 Å². The number of carbonyl (C=O) groups is 1.